The van der Waals surface area contributed by atoms with E-state index in [1.807, 2.05) is 0 Å². The smallest absolute Gasteiger partial charge is 0.0644 e. The van der Waals surface area contributed by atoms with Gasteiger partial charge in [0.2, 0.25) is 0 Å². The number of aryl methyl sites for hydroxylation is 2. The maximum atomic E-state index is 4.65. The largest absolute Gasteiger partial charge is 0.307 e. The van der Waals surface area contributed by atoms with Gasteiger partial charge in [-0.2, -0.15) is 5.10 Å². The summed E-state index contributed by atoms with van der Waals surface area (Å²) in [4.78, 5) is 0. The second-order valence-corrected chi connectivity index (χ2v) is 6.48. The highest BCUT2D eigenvalue weighted by Gasteiger charge is 2.24. The Hall–Kier alpha value is -0.830. The predicted molar refractivity (Wildman–Crippen MR) is 85.0 cm³/mol. The number of hydrogen-bond donors (Lipinski definition) is 1. The van der Waals surface area contributed by atoms with Crippen LogP contribution in [0.4, 0.5) is 0 Å². The van der Waals surface area contributed by atoms with Crippen LogP contribution in [0.5, 0.6) is 0 Å². The van der Waals surface area contributed by atoms with Gasteiger partial charge in [-0.1, -0.05) is 19.3 Å². The van der Waals surface area contributed by atoms with Crippen LogP contribution in [0.1, 0.15) is 75.9 Å². The molecule has 0 aliphatic heterocycles. The van der Waals surface area contributed by atoms with E-state index in [4.69, 9.17) is 0 Å². The lowest BCUT2D eigenvalue weighted by atomic mass is 9.84. The van der Waals surface area contributed by atoms with Crippen molar-refractivity contribution in [1.29, 1.82) is 0 Å². The molecular weight excluding hydrogens is 246 g/mol. The van der Waals surface area contributed by atoms with E-state index in [0.29, 0.717) is 12.1 Å². The normalized spacial score (nSPS) is 20.1. The first-order chi connectivity index (χ1) is 9.54. The van der Waals surface area contributed by atoms with Gasteiger partial charge in [0.1, 0.15) is 0 Å². The quantitative estimate of drug-likeness (QED) is 0.876. The van der Waals surface area contributed by atoms with Crippen LogP contribution in [0, 0.1) is 19.8 Å². The molecule has 0 radical (unpaired) electrons. The third-order valence-electron chi connectivity index (χ3n) is 5.04. The minimum absolute atomic E-state index is 0.396. The molecule has 0 amide bonds. The molecule has 1 N–H and O–H groups in total. The van der Waals surface area contributed by atoms with E-state index in [9.17, 15) is 0 Å². The topological polar surface area (TPSA) is 29.9 Å². The van der Waals surface area contributed by atoms with Gasteiger partial charge in [-0.15, -0.1) is 0 Å². The average Bonchev–Trinajstić information content (AvgIpc) is 2.74. The Kier molecular flexibility index (Phi) is 5.25. The highest BCUT2D eigenvalue weighted by atomic mass is 15.3. The molecule has 1 fully saturated rings. The summed E-state index contributed by atoms with van der Waals surface area (Å²) in [5.74, 6) is 0.855. The van der Waals surface area contributed by atoms with E-state index < -0.39 is 0 Å². The summed E-state index contributed by atoms with van der Waals surface area (Å²) in [5.41, 5.74) is 3.90. The van der Waals surface area contributed by atoms with Gasteiger partial charge in [0.25, 0.3) is 0 Å². The monoisotopic (exact) mass is 277 g/mol. The highest BCUT2D eigenvalue weighted by Crippen LogP contribution is 2.28. The molecule has 2 rings (SSSR count). The first kappa shape index (κ1) is 15.6. The summed E-state index contributed by atoms with van der Waals surface area (Å²) in [5, 5.41) is 8.48. The molecule has 3 heteroatoms. The predicted octanol–water partition coefficient (Wildman–Crippen LogP) is 4.14. The van der Waals surface area contributed by atoms with Crippen LogP contribution in [0.25, 0.3) is 0 Å². The summed E-state index contributed by atoms with van der Waals surface area (Å²) in [6, 6.07) is 1.00. The first-order valence-electron chi connectivity index (χ1n) is 8.34. The molecule has 1 heterocycles. The van der Waals surface area contributed by atoms with Crippen molar-refractivity contribution < 1.29 is 0 Å². The number of nitrogens with zero attached hydrogens (tertiary/aromatic N) is 2. The Bertz CT molecular complexity index is 430. The lowest BCUT2D eigenvalue weighted by Crippen LogP contribution is -2.36. The maximum absolute atomic E-state index is 4.65. The molecule has 1 saturated carbocycles. The highest BCUT2D eigenvalue weighted by molar-refractivity contribution is 5.27. The van der Waals surface area contributed by atoms with Crippen LogP contribution >= 0.6 is 0 Å². The molecule has 2 atom stereocenters. The van der Waals surface area contributed by atoms with E-state index in [2.05, 4.69) is 49.7 Å². The Morgan fingerprint density at radius 3 is 2.40 bits per heavy atom. The molecule has 1 aliphatic rings. The molecule has 0 aromatic carbocycles. The number of nitrogens with one attached hydrogen (secondary N) is 1. The minimum atomic E-state index is 0.396. The molecule has 0 saturated heterocycles. The van der Waals surface area contributed by atoms with Crippen molar-refractivity contribution in [3.8, 4) is 0 Å². The van der Waals surface area contributed by atoms with Crippen molar-refractivity contribution >= 4 is 0 Å². The molecule has 3 nitrogen and oxygen atoms in total. The Morgan fingerprint density at radius 2 is 1.85 bits per heavy atom. The summed E-state index contributed by atoms with van der Waals surface area (Å²) in [6.07, 6.45) is 7.05. The second kappa shape index (κ2) is 6.75. The number of hydrogen-bond acceptors (Lipinski definition) is 2. The average molecular weight is 277 g/mol. The zero-order valence-electron chi connectivity index (χ0n) is 13.9. The third-order valence-corrected chi connectivity index (χ3v) is 5.04. The van der Waals surface area contributed by atoms with E-state index in [0.717, 1.165) is 12.5 Å². The van der Waals surface area contributed by atoms with Gasteiger partial charge in [-0.25, -0.2) is 0 Å². The van der Waals surface area contributed by atoms with Crippen molar-refractivity contribution in [1.82, 2.24) is 15.1 Å². The van der Waals surface area contributed by atoms with Crippen molar-refractivity contribution in [2.24, 2.45) is 5.92 Å². The maximum Gasteiger partial charge on any atom is 0.0644 e. The summed E-state index contributed by atoms with van der Waals surface area (Å²) < 4.78 is 2.12. The van der Waals surface area contributed by atoms with Gasteiger partial charge in [0, 0.05) is 29.9 Å². The Balaban J connectivity index is 2.03. The SMILES string of the molecule is CCn1nc(C)c(C(C)N[C@H](C)C2CCCCC2)c1C. The van der Waals surface area contributed by atoms with Gasteiger partial charge in [0.15, 0.2) is 0 Å². The molecule has 1 unspecified atom stereocenters. The van der Waals surface area contributed by atoms with Crippen LogP contribution < -0.4 is 5.32 Å². The fourth-order valence-corrected chi connectivity index (χ4v) is 3.89. The van der Waals surface area contributed by atoms with Crippen molar-refractivity contribution in [2.45, 2.75) is 85.4 Å². The fraction of sp³-hybridized carbons (Fsp3) is 0.824. The van der Waals surface area contributed by atoms with Gasteiger partial charge in [-0.3, -0.25) is 4.68 Å². The molecule has 0 spiro atoms. The van der Waals surface area contributed by atoms with E-state index >= 15 is 0 Å². The van der Waals surface area contributed by atoms with Crippen LogP contribution in [0.15, 0.2) is 0 Å². The lowest BCUT2D eigenvalue weighted by molar-refractivity contribution is 0.268. The summed E-state index contributed by atoms with van der Waals surface area (Å²) in [7, 11) is 0. The first-order valence-corrected chi connectivity index (χ1v) is 8.34. The van der Waals surface area contributed by atoms with Crippen LogP contribution in [0.2, 0.25) is 0 Å². The van der Waals surface area contributed by atoms with Gasteiger partial charge < -0.3 is 5.32 Å². The minimum Gasteiger partial charge on any atom is -0.307 e. The van der Waals surface area contributed by atoms with Crippen LogP contribution in [0.3, 0.4) is 0 Å². The van der Waals surface area contributed by atoms with Crippen molar-refractivity contribution in [2.75, 3.05) is 0 Å². The third kappa shape index (κ3) is 3.25. The summed E-state index contributed by atoms with van der Waals surface area (Å²) in [6.45, 7) is 12.1. The zero-order valence-corrected chi connectivity index (χ0v) is 13.9. The van der Waals surface area contributed by atoms with Crippen molar-refractivity contribution in [3.05, 3.63) is 17.0 Å². The van der Waals surface area contributed by atoms with E-state index in [1.54, 1.807) is 0 Å². The molecule has 1 aromatic heterocycles. The van der Waals surface area contributed by atoms with Gasteiger partial charge in [-0.05, 0) is 53.4 Å². The van der Waals surface area contributed by atoms with Gasteiger partial charge in [0.05, 0.1) is 5.69 Å². The van der Waals surface area contributed by atoms with Crippen LogP contribution in [-0.4, -0.2) is 15.8 Å². The van der Waals surface area contributed by atoms with Crippen LogP contribution in [-0.2, 0) is 6.54 Å². The zero-order chi connectivity index (χ0) is 14.7. The number of rotatable bonds is 5. The summed E-state index contributed by atoms with van der Waals surface area (Å²) >= 11 is 0. The second-order valence-electron chi connectivity index (χ2n) is 6.48. The van der Waals surface area contributed by atoms with E-state index in [-0.39, 0.29) is 0 Å². The van der Waals surface area contributed by atoms with E-state index in [1.165, 1.54) is 49.1 Å². The van der Waals surface area contributed by atoms with Crippen molar-refractivity contribution in [3.63, 3.8) is 0 Å². The number of aromatic nitrogens is 2. The Labute approximate surface area is 124 Å². The lowest BCUT2D eigenvalue weighted by Gasteiger charge is -2.31. The Morgan fingerprint density at radius 1 is 1.20 bits per heavy atom. The molecule has 114 valence electrons. The standard InChI is InChI=1S/C17H31N3/c1-6-20-15(5)17(14(4)19-20)13(3)18-12(2)16-10-8-7-9-11-16/h12-13,16,18H,6-11H2,1-5H3/t12-,13?/m1/s1. The molecule has 1 aliphatic carbocycles. The molecule has 20 heavy (non-hydrogen) atoms. The molecule has 1 aromatic rings. The fourth-order valence-electron chi connectivity index (χ4n) is 3.89. The van der Waals surface area contributed by atoms with Gasteiger partial charge >= 0.3 is 0 Å². The molecule has 0 bridgehead atoms. The molecular formula is C17H31N3.